The molecule has 0 rings (SSSR count). The van der Waals surface area contributed by atoms with E-state index in [2.05, 4.69) is 23.0 Å². The molecule has 0 saturated heterocycles. The summed E-state index contributed by atoms with van der Waals surface area (Å²) < 4.78 is 72.4. The molecule has 9 nitrogen and oxygen atoms in total. The Morgan fingerprint density at radius 2 is 1.10 bits per heavy atom. The van der Waals surface area contributed by atoms with Gasteiger partial charge in [0.1, 0.15) is 10.1 Å². The Morgan fingerprint density at radius 1 is 0.683 bits per heavy atom. The second kappa shape index (κ2) is 29.9. The van der Waals surface area contributed by atoms with E-state index in [0.29, 0.717) is 19.4 Å². The fraction of sp³-hybridized carbons (Fsp3) is 0.964. The van der Waals surface area contributed by atoms with Crippen LogP contribution in [0.25, 0.3) is 0 Å². The van der Waals surface area contributed by atoms with Gasteiger partial charge in [-0.2, -0.15) is 8.42 Å². The quantitative estimate of drug-likeness (QED) is 0.0424. The maximum Gasteiger partial charge on any atom is 1.00 e. The standard InChI is InChI=1S/C28H57NO8S2.2Na/c1-3-5-7-9-11-13-14-16-18-22-26(37-39(34,35)36)27(38(31,32)33)23-19-20-24-28(30)29-25-21-17-15-12-10-8-6-4-2;;/h26-27H,3-25H2,1-2H3,(H,29,30)(H,31,32,33)(H,34,35,36);;/q;2*+1/p-2. The number of unbranched alkanes of at least 4 members (excludes halogenated alkanes) is 16. The van der Waals surface area contributed by atoms with Gasteiger partial charge in [-0.15, -0.1) is 0 Å². The average molecular weight is 644 g/mol. The van der Waals surface area contributed by atoms with E-state index < -0.39 is 31.9 Å². The van der Waals surface area contributed by atoms with Gasteiger partial charge < -0.3 is 14.7 Å². The first-order valence-electron chi connectivity index (χ1n) is 15.3. The molecular weight excluding hydrogens is 588 g/mol. The van der Waals surface area contributed by atoms with Crippen LogP contribution in [-0.4, -0.2) is 49.7 Å². The SMILES string of the molecule is CCCCCCCCCCCC(OS(=O)(=O)O)C(CCCCC([O-])=NCCCCCCCCCC)S(=O)(=O)[O-].[Na+].[Na+]. The summed E-state index contributed by atoms with van der Waals surface area (Å²) in [5.41, 5.74) is 0. The molecule has 2 unspecified atom stereocenters. The summed E-state index contributed by atoms with van der Waals surface area (Å²) in [7, 11) is -9.82. The molecule has 0 aliphatic rings. The molecule has 0 amide bonds. The molecule has 234 valence electrons. The molecule has 0 heterocycles. The van der Waals surface area contributed by atoms with Crippen LogP contribution in [0.4, 0.5) is 0 Å². The molecule has 1 N–H and O–H groups in total. The van der Waals surface area contributed by atoms with Crippen LogP contribution >= 0.6 is 0 Å². The van der Waals surface area contributed by atoms with Crippen LogP contribution in [0.1, 0.15) is 155 Å². The van der Waals surface area contributed by atoms with E-state index in [-0.39, 0.29) is 90.7 Å². The molecule has 41 heavy (non-hydrogen) atoms. The Labute approximate surface area is 296 Å². The van der Waals surface area contributed by atoms with Crippen molar-refractivity contribution < 1.29 is 94.3 Å². The van der Waals surface area contributed by atoms with E-state index in [1.54, 1.807) is 0 Å². The van der Waals surface area contributed by atoms with Crippen LogP contribution in [-0.2, 0) is 24.7 Å². The molecule has 13 heteroatoms. The van der Waals surface area contributed by atoms with Gasteiger partial charge in [0.15, 0.2) is 0 Å². The fourth-order valence-electron chi connectivity index (χ4n) is 4.77. The van der Waals surface area contributed by atoms with Gasteiger partial charge in [-0.3, -0.25) is 4.55 Å². The monoisotopic (exact) mass is 643 g/mol. The maximum atomic E-state index is 12.0. The molecule has 0 aromatic carbocycles. The van der Waals surface area contributed by atoms with Gasteiger partial charge in [-0.1, -0.05) is 123 Å². The Morgan fingerprint density at radius 3 is 1.54 bits per heavy atom. The zero-order valence-corrected chi connectivity index (χ0v) is 32.1. The minimum Gasteiger partial charge on any atom is -0.862 e. The minimum atomic E-state index is -4.93. The summed E-state index contributed by atoms with van der Waals surface area (Å²) in [6, 6.07) is 0. The Hall–Kier alpha value is 1.25. The van der Waals surface area contributed by atoms with Crippen molar-refractivity contribution in [3.63, 3.8) is 0 Å². The zero-order chi connectivity index (χ0) is 29.4. The normalized spacial score (nSPS) is 13.8. The van der Waals surface area contributed by atoms with Crippen molar-refractivity contribution in [3.8, 4) is 0 Å². The third-order valence-corrected chi connectivity index (χ3v) is 8.82. The number of hydrogen-bond donors (Lipinski definition) is 1. The number of hydrogen-bond acceptors (Lipinski definition) is 8. The van der Waals surface area contributed by atoms with E-state index in [1.807, 2.05) is 0 Å². The second-order valence-electron chi connectivity index (χ2n) is 10.7. The molecular formula is C28H55NNa2O8S2. The summed E-state index contributed by atoms with van der Waals surface area (Å²) in [6.45, 7) is 4.83. The van der Waals surface area contributed by atoms with Gasteiger partial charge >= 0.3 is 69.5 Å². The summed E-state index contributed by atoms with van der Waals surface area (Å²) in [6.07, 6.45) is 17.5. The number of rotatable bonds is 28. The van der Waals surface area contributed by atoms with Crippen molar-refractivity contribution in [2.75, 3.05) is 6.54 Å². The van der Waals surface area contributed by atoms with Gasteiger partial charge in [-0.25, -0.2) is 12.6 Å². The van der Waals surface area contributed by atoms with E-state index in [1.165, 1.54) is 57.8 Å². The van der Waals surface area contributed by atoms with Crippen molar-refractivity contribution in [3.05, 3.63) is 0 Å². The number of nitrogens with zero attached hydrogens (tertiary/aromatic N) is 1. The van der Waals surface area contributed by atoms with Crippen molar-refractivity contribution in [2.24, 2.45) is 4.99 Å². The largest absolute Gasteiger partial charge is 1.00 e. The molecule has 0 spiro atoms. The van der Waals surface area contributed by atoms with Crippen LogP contribution in [0.15, 0.2) is 4.99 Å². The third-order valence-electron chi connectivity index (χ3n) is 7.05. The van der Waals surface area contributed by atoms with Crippen LogP contribution in [0.2, 0.25) is 0 Å². The summed E-state index contributed by atoms with van der Waals surface area (Å²) in [4.78, 5) is 4.05. The summed E-state index contributed by atoms with van der Waals surface area (Å²) in [5, 5.41) is 10.4. The van der Waals surface area contributed by atoms with Crippen molar-refractivity contribution in [2.45, 2.75) is 166 Å². The molecule has 0 aromatic rings. The van der Waals surface area contributed by atoms with Crippen molar-refractivity contribution >= 4 is 26.4 Å². The predicted octanol–water partition coefficient (Wildman–Crippen LogP) is 0.477. The van der Waals surface area contributed by atoms with Gasteiger partial charge in [0.25, 0.3) is 0 Å². The van der Waals surface area contributed by atoms with Crippen LogP contribution in [0.5, 0.6) is 0 Å². The maximum absolute atomic E-state index is 12.0. The van der Waals surface area contributed by atoms with Gasteiger partial charge in [0, 0.05) is 6.54 Å². The first kappa shape index (κ1) is 46.7. The van der Waals surface area contributed by atoms with Crippen molar-refractivity contribution in [1.29, 1.82) is 0 Å². The van der Waals surface area contributed by atoms with Gasteiger partial charge in [0.05, 0.1) is 11.4 Å². The van der Waals surface area contributed by atoms with Crippen LogP contribution in [0, 0.1) is 0 Å². The first-order valence-corrected chi connectivity index (χ1v) is 18.2. The molecule has 0 bridgehead atoms. The summed E-state index contributed by atoms with van der Waals surface area (Å²) in [5.74, 6) is -0.250. The van der Waals surface area contributed by atoms with E-state index in [4.69, 9.17) is 0 Å². The number of aliphatic imine (C=N–C) groups is 1. The Balaban J connectivity index is -0.00000722. The predicted molar refractivity (Wildman–Crippen MR) is 155 cm³/mol. The smallest absolute Gasteiger partial charge is 0.862 e. The molecule has 0 fully saturated rings. The van der Waals surface area contributed by atoms with Crippen LogP contribution in [0.3, 0.4) is 0 Å². The first-order chi connectivity index (χ1) is 18.5. The zero-order valence-electron chi connectivity index (χ0n) is 26.5. The topological polar surface area (TPSA) is 156 Å². The molecule has 0 aliphatic carbocycles. The molecule has 0 radical (unpaired) electrons. The molecule has 0 aliphatic heterocycles. The van der Waals surface area contributed by atoms with E-state index >= 15 is 0 Å². The minimum absolute atomic E-state index is 0. The second-order valence-corrected chi connectivity index (χ2v) is 13.3. The van der Waals surface area contributed by atoms with E-state index in [9.17, 15) is 31.0 Å². The third kappa shape index (κ3) is 31.0. The van der Waals surface area contributed by atoms with E-state index in [0.717, 1.165) is 44.9 Å². The Kier molecular flexibility index (Phi) is 34.1. The van der Waals surface area contributed by atoms with Crippen LogP contribution < -0.4 is 64.2 Å². The molecule has 2 atom stereocenters. The van der Waals surface area contributed by atoms with Gasteiger partial charge in [0.2, 0.25) is 0 Å². The molecule has 0 saturated carbocycles. The molecule has 0 aromatic heterocycles. The summed E-state index contributed by atoms with van der Waals surface area (Å²) >= 11 is 0. The van der Waals surface area contributed by atoms with Gasteiger partial charge in [-0.05, 0) is 38.0 Å². The Bertz CT molecular complexity index is 827. The average Bonchev–Trinajstić information content (AvgIpc) is 2.84. The fourth-order valence-corrected chi connectivity index (χ4v) is 6.41. The van der Waals surface area contributed by atoms with Crippen molar-refractivity contribution in [1.82, 2.24) is 0 Å².